The zero-order valence-electron chi connectivity index (χ0n) is 14.3. The van der Waals surface area contributed by atoms with Crippen LogP contribution in [0.25, 0.3) is 5.76 Å². The number of nitrogens with zero attached hydrogens (tertiary/aromatic N) is 2. The van der Waals surface area contributed by atoms with Crippen LogP contribution in [0.1, 0.15) is 5.69 Å². The molecule has 3 rings (SSSR count). The maximum Gasteiger partial charge on any atom is 0.261 e. The van der Waals surface area contributed by atoms with Crippen LogP contribution in [0, 0.1) is 0 Å². The average molecular weight is 345 g/mol. The van der Waals surface area contributed by atoms with E-state index >= 15 is 0 Å². The molecule has 5 heteroatoms. The number of aromatic nitrogens is 1. The number of aryl methyl sites for hydroxylation is 1. The summed E-state index contributed by atoms with van der Waals surface area (Å²) in [4.78, 5) is 17.1. The van der Waals surface area contributed by atoms with Gasteiger partial charge in [0.15, 0.2) is 5.76 Å². The van der Waals surface area contributed by atoms with Gasteiger partial charge in [0.25, 0.3) is 5.91 Å². The first-order valence-electron chi connectivity index (χ1n) is 8.15. The number of rotatable bonds is 5. The number of nitrogens with one attached hydrogen (secondary N) is 1. The second-order valence-corrected chi connectivity index (χ2v) is 5.68. The van der Waals surface area contributed by atoms with E-state index in [0.717, 1.165) is 0 Å². The van der Waals surface area contributed by atoms with Crippen LogP contribution in [-0.4, -0.2) is 21.8 Å². The van der Waals surface area contributed by atoms with Gasteiger partial charge in [-0.2, -0.15) is 0 Å². The molecular formula is C21H19N3O2. The summed E-state index contributed by atoms with van der Waals surface area (Å²) in [6.07, 6.45) is 3.18. The maximum atomic E-state index is 12.8. The SMILES string of the molecule is Cn1cccc1C(O)=C(C=Nc1ccccc1)C(=O)Nc1ccccc1. The minimum absolute atomic E-state index is 0.0829. The lowest BCUT2D eigenvalue weighted by Crippen LogP contribution is -2.17. The number of aliphatic hydroxyl groups excluding tert-OH is 1. The fourth-order valence-electron chi connectivity index (χ4n) is 2.45. The minimum Gasteiger partial charge on any atom is -0.505 e. The van der Waals surface area contributed by atoms with Crippen molar-refractivity contribution in [1.29, 1.82) is 0 Å². The highest BCUT2D eigenvalue weighted by atomic mass is 16.3. The molecule has 0 atom stereocenters. The number of amides is 1. The van der Waals surface area contributed by atoms with E-state index in [2.05, 4.69) is 10.3 Å². The lowest BCUT2D eigenvalue weighted by molar-refractivity contribution is -0.112. The fraction of sp³-hybridized carbons (Fsp3) is 0.0476. The summed E-state index contributed by atoms with van der Waals surface area (Å²) in [6.45, 7) is 0. The van der Waals surface area contributed by atoms with Gasteiger partial charge in [0.2, 0.25) is 0 Å². The third-order valence-corrected chi connectivity index (χ3v) is 3.82. The molecule has 26 heavy (non-hydrogen) atoms. The standard InChI is InChI=1S/C21H19N3O2/c1-24-14-8-13-19(24)20(25)18(15-22-16-9-4-2-5-10-16)21(26)23-17-11-6-3-7-12-17/h2-15,25H,1H3,(H,23,26). The van der Waals surface area contributed by atoms with Crippen molar-refractivity contribution in [2.75, 3.05) is 5.32 Å². The van der Waals surface area contributed by atoms with Gasteiger partial charge < -0.3 is 15.0 Å². The first-order valence-corrected chi connectivity index (χ1v) is 8.15. The Labute approximate surface area is 152 Å². The molecule has 130 valence electrons. The molecule has 0 spiro atoms. The molecule has 0 aliphatic rings. The largest absolute Gasteiger partial charge is 0.505 e. The van der Waals surface area contributed by atoms with Crippen molar-refractivity contribution < 1.29 is 9.90 Å². The number of carbonyl (C=O) groups is 1. The van der Waals surface area contributed by atoms with E-state index in [1.54, 1.807) is 42.1 Å². The van der Waals surface area contributed by atoms with Gasteiger partial charge >= 0.3 is 0 Å². The molecule has 0 saturated heterocycles. The topological polar surface area (TPSA) is 66.6 Å². The van der Waals surface area contributed by atoms with Crippen molar-refractivity contribution >= 4 is 29.3 Å². The molecule has 0 aliphatic carbocycles. The van der Waals surface area contributed by atoms with E-state index in [0.29, 0.717) is 17.1 Å². The van der Waals surface area contributed by atoms with E-state index < -0.39 is 5.91 Å². The van der Waals surface area contributed by atoms with Crippen LogP contribution in [0.3, 0.4) is 0 Å². The van der Waals surface area contributed by atoms with Crippen LogP contribution in [-0.2, 0) is 11.8 Å². The van der Waals surface area contributed by atoms with Crippen molar-refractivity contribution in [2.24, 2.45) is 12.0 Å². The number of hydrogen-bond acceptors (Lipinski definition) is 3. The van der Waals surface area contributed by atoms with Crippen LogP contribution in [0.2, 0.25) is 0 Å². The zero-order chi connectivity index (χ0) is 18.4. The minimum atomic E-state index is -0.436. The van der Waals surface area contributed by atoms with Crippen molar-refractivity contribution in [3.63, 3.8) is 0 Å². The molecule has 0 aliphatic heterocycles. The first-order chi connectivity index (χ1) is 12.6. The van der Waals surface area contributed by atoms with Gasteiger partial charge in [-0.15, -0.1) is 0 Å². The number of anilines is 1. The number of para-hydroxylation sites is 2. The highest BCUT2D eigenvalue weighted by Gasteiger charge is 2.17. The Morgan fingerprint density at radius 2 is 1.65 bits per heavy atom. The Balaban J connectivity index is 1.97. The fourth-order valence-corrected chi connectivity index (χ4v) is 2.45. The van der Waals surface area contributed by atoms with Gasteiger partial charge in [-0.05, 0) is 36.4 Å². The Bertz CT molecular complexity index is 942. The van der Waals surface area contributed by atoms with Crippen molar-refractivity contribution in [2.45, 2.75) is 0 Å². The van der Waals surface area contributed by atoms with E-state index in [9.17, 15) is 9.90 Å². The van der Waals surface area contributed by atoms with Crippen molar-refractivity contribution in [3.8, 4) is 0 Å². The van der Waals surface area contributed by atoms with Gasteiger partial charge in [-0.3, -0.25) is 9.79 Å². The van der Waals surface area contributed by atoms with Gasteiger partial charge in [0, 0.05) is 25.1 Å². The summed E-state index contributed by atoms with van der Waals surface area (Å²) in [5.41, 5.74) is 1.95. The molecule has 0 unspecified atom stereocenters. The van der Waals surface area contributed by atoms with Crippen LogP contribution in [0.4, 0.5) is 11.4 Å². The van der Waals surface area contributed by atoms with E-state index in [4.69, 9.17) is 0 Å². The van der Waals surface area contributed by atoms with E-state index in [1.165, 1.54) is 6.21 Å². The molecule has 1 aromatic heterocycles. The number of carbonyl (C=O) groups excluding carboxylic acids is 1. The summed E-state index contributed by atoms with van der Waals surface area (Å²) in [5.74, 6) is -0.569. The van der Waals surface area contributed by atoms with Gasteiger partial charge in [0.1, 0.15) is 5.57 Å². The molecule has 0 bridgehead atoms. The highest BCUT2D eigenvalue weighted by Crippen LogP contribution is 2.18. The predicted octanol–water partition coefficient (Wildman–Crippen LogP) is 4.34. The van der Waals surface area contributed by atoms with Gasteiger partial charge in [-0.1, -0.05) is 36.4 Å². The van der Waals surface area contributed by atoms with Crippen LogP contribution in [0.15, 0.2) is 89.6 Å². The monoisotopic (exact) mass is 345 g/mol. The summed E-state index contributed by atoms with van der Waals surface area (Å²) in [5, 5.41) is 13.5. The second-order valence-electron chi connectivity index (χ2n) is 5.68. The van der Waals surface area contributed by atoms with Crippen molar-refractivity contribution in [3.05, 3.63) is 90.3 Å². The molecule has 0 fully saturated rings. The Kier molecular flexibility index (Phi) is 5.29. The normalized spacial score (nSPS) is 12.0. The summed E-state index contributed by atoms with van der Waals surface area (Å²) in [7, 11) is 1.80. The third-order valence-electron chi connectivity index (χ3n) is 3.82. The Morgan fingerprint density at radius 3 is 2.27 bits per heavy atom. The molecular weight excluding hydrogens is 326 g/mol. The number of aliphatic hydroxyl groups is 1. The second kappa shape index (κ2) is 7.98. The van der Waals surface area contributed by atoms with Crippen LogP contribution >= 0.6 is 0 Å². The van der Waals surface area contributed by atoms with Gasteiger partial charge in [0.05, 0.1) is 11.4 Å². The number of hydrogen-bond donors (Lipinski definition) is 2. The van der Waals surface area contributed by atoms with Crippen LogP contribution in [0.5, 0.6) is 0 Å². The smallest absolute Gasteiger partial charge is 0.261 e. The lowest BCUT2D eigenvalue weighted by atomic mass is 10.1. The molecule has 1 amide bonds. The number of benzene rings is 2. The Morgan fingerprint density at radius 1 is 1.00 bits per heavy atom. The zero-order valence-corrected chi connectivity index (χ0v) is 14.3. The lowest BCUT2D eigenvalue weighted by Gasteiger charge is -2.09. The predicted molar refractivity (Wildman–Crippen MR) is 105 cm³/mol. The van der Waals surface area contributed by atoms with Crippen molar-refractivity contribution in [1.82, 2.24) is 4.57 Å². The molecule has 0 radical (unpaired) electrons. The molecule has 2 aromatic carbocycles. The average Bonchev–Trinajstić information content (AvgIpc) is 3.09. The van der Waals surface area contributed by atoms with Crippen LogP contribution < -0.4 is 5.32 Å². The Hall–Kier alpha value is -3.60. The molecule has 3 aromatic rings. The maximum absolute atomic E-state index is 12.8. The summed E-state index contributed by atoms with van der Waals surface area (Å²) < 4.78 is 1.74. The summed E-state index contributed by atoms with van der Waals surface area (Å²) >= 11 is 0. The molecule has 1 heterocycles. The number of aliphatic imine (C=N–C) groups is 1. The molecule has 2 N–H and O–H groups in total. The molecule has 0 saturated carbocycles. The third kappa shape index (κ3) is 4.08. The first kappa shape index (κ1) is 17.2. The highest BCUT2D eigenvalue weighted by molar-refractivity contribution is 6.22. The summed E-state index contributed by atoms with van der Waals surface area (Å²) in [6, 6.07) is 21.9. The quantitative estimate of drug-likeness (QED) is 0.410. The van der Waals surface area contributed by atoms with E-state index in [1.807, 2.05) is 48.5 Å². The van der Waals surface area contributed by atoms with E-state index in [-0.39, 0.29) is 11.3 Å². The molecule has 5 nitrogen and oxygen atoms in total. The van der Waals surface area contributed by atoms with Gasteiger partial charge in [-0.25, -0.2) is 0 Å².